The lowest BCUT2D eigenvalue weighted by atomic mass is 10.1. The third-order valence-corrected chi connectivity index (χ3v) is 4.77. The Labute approximate surface area is 148 Å². The fraction of sp³-hybridized carbons (Fsp3) is 0.421. The quantitative estimate of drug-likeness (QED) is 0.840. The number of nitriles is 1. The smallest absolute Gasteiger partial charge is 0.254 e. The third-order valence-electron chi connectivity index (χ3n) is 4.77. The lowest BCUT2D eigenvalue weighted by Gasteiger charge is -2.36. The summed E-state index contributed by atoms with van der Waals surface area (Å²) in [5, 5.41) is 13.5. The van der Waals surface area contributed by atoms with Gasteiger partial charge in [-0.1, -0.05) is 19.9 Å². The Kier molecular flexibility index (Phi) is 5.15. The molecule has 1 aliphatic rings. The van der Waals surface area contributed by atoms with Crippen LogP contribution in [0.4, 0.5) is 0 Å². The molecule has 1 aliphatic heterocycles. The van der Waals surface area contributed by atoms with Crippen LogP contribution in [-0.4, -0.2) is 51.7 Å². The molecule has 1 unspecified atom stereocenters. The average molecular weight is 337 g/mol. The van der Waals surface area contributed by atoms with E-state index < -0.39 is 0 Å². The van der Waals surface area contributed by atoms with Crippen LogP contribution in [0.2, 0.25) is 0 Å². The number of benzene rings is 1. The van der Waals surface area contributed by atoms with E-state index in [2.05, 4.69) is 29.9 Å². The Balaban J connectivity index is 1.84. The van der Waals surface area contributed by atoms with Gasteiger partial charge >= 0.3 is 0 Å². The molecule has 0 fully saturated rings. The molecule has 0 saturated heterocycles. The molecule has 1 atom stereocenters. The lowest BCUT2D eigenvalue weighted by molar-refractivity contribution is 0.0642. The molecule has 2 heterocycles. The molecule has 0 radical (unpaired) electrons. The van der Waals surface area contributed by atoms with Gasteiger partial charge in [0.05, 0.1) is 29.9 Å². The summed E-state index contributed by atoms with van der Waals surface area (Å²) in [6.45, 7) is 8.28. The highest BCUT2D eigenvalue weighted by Crippen LogP contribution is 2.23. The molecule has 0 spiro atoms. The molecular formula is C19H23N5O. The van der Waals surface area contributed by atoms with Crippen molar-refractivity contribution < 1.29 is 4.79 Å². The van der Waals surface area contributed by atoms with Gasteiger partial charge in [0.25, 0.3) is 5.91 Å². The van der Waals surface area contributed by atoms with Crippen LogP contribution in [0.3, 0.4) is 0 Å². The second kappa shape index (κ2) is 7.49. The van der Waals surface area contributed by atoms with Crippen molar-refractivity contribution in [2.75, 3.05) is 26.2 Å². The van der Waals surface area contributed by atoms with Crippen LogP contribution in [-0.2, 0) is 6.54 Å². The highest BCUT2D eigenvalue weighted by molar-refractivity contribution is 5.94. The van der Waals surface area contributed by atoms with Gasteiger partial charge in [0, 0.05) is 24.8 Å². The first-order valence-electron chi connectivity index (χ1n) is 8.70. The van der Waals surface area contributed by atoms with Gasteiger partial charge in [-0.05, 0) is 37.4 Å². The molecule has 25 heavy (non-hydrogen) atoms. The zero-order chi connectivity index (χ0) is 17.8. The molecule has 6 nitrogen and oxygen atoms in total. The van der Waals surface area contributed by atoms with Crippen LogP contribution in [0.25, 0.3) is 0 Å². The third kappa shape index (κ3) is 3.57. The standard InChI is InChI=1S/C19H23N5O/c1-3-22(4-2)12-18-14-23(13-17-8-9-21-24(17)18)19(25)16-7-5-6-15(10-16)11-20/h5-10,18H,3-4,12-14H2,1-2H3. The molecule has 6 heteroatoms. The predicted molar refractivity (Wildman–Crippen MR) is 94.9 cm³/mol. The van der Waals surface area contributed by atoms with E-state index in [0.717, 1.165) is 25.3 Å². The number of carbonyl (C=O) groups is 1. The minimum absolute atomic E-state index is 0.0332. The molecule has 1 amide bonds. The maximum Gasteiger partial charge on any atom is 0.254 e. The van der Waals surface area contributed by atoms with E-state index in [1.54, 1.807) is 30.5 Å². The van der Waals surface area contributed by atoms with Gasteiger partial charge in [-0.15, -0.1) is 0 Å². The summed E-state index contributed by atoms with van der Waals surface area (Å²) in [5.41, 5.74) is 2.12. The number of nitrogens with zero attached hydrogens (tertiary/aromatic N) is 5. The number of rotatable bonds is 5. The van der Waals surface area contributed by atoms with E-state index in [1.807, 2.05) is 15.6 Å². The first-order chi connectivity index (χ1) is 12.2. The second-order valence-electron chi connectivity index (χ2n) is 6.29. The topological polar surface area (TPSA) is 65.2 Å². The molecule has 2 aromatic rings. The monoisotopic (exact) mass is 337 g/mol. The van der Waals surface area contributed by atoms with Crippen LogP contribution in [0.1, 0.15) is 41.5 Å². The summed E-state index contributed by atoms with van der Waals surface area (Å²) >= 11 is 0. The molecule has 0 N–H and O–H groups in total. The maximum absolute atomic E-state index is 12.9. The number of fused-ring (bicyclic) bond motifs is 1. The number of hydrogen-bond donors (Lipinski definition) is 0. The van der Waals surface area contributed by atoms with Crippen molar-refractivity contribution in [3.63, 3.8) is 0 Å². The molecule has 0 saturated carbocycles. The molecule has 0 bridgehead atoms. The van der Waals surface area contributed by atoms with Crippen molar-refractivity contribution >= 4 is 5.91 Å². The van der Waals surface area contributed by atoms with Gasteiger partial charge in [-0.3, -0.25) is 9.48 Å². The Morgan fingerprint density at radius 2 is 2.16 bits per heavy atom. The Morgan fingerprint density at radius 3 is 2.88 bits per heavy atom. The van der Waals surface area contributed by atoms with Crippen LogP contribution >= 0.6 is 0 Å². The van der Waals surface area contributed by atoms with Gasteiger partial charge < -0.3 is 9.80 Å². The van der Waals surface area contributed by atoms with Crippen LogP contribution < -0.4 is 0 Å². The summed E-state index contributed by atoms with van der Waals surface area (Å²) in [6, 6.07) is 11.1. The SMILES string of the molecule is CCN(CC)CC1CN(C(=O)c2cccc(C#N)c2)Cc2ccnn21. The molecule has 1 aromatic carbocycles. The molecular weight excluding hydrogens is 314 g/mol. The maximum atomic E-state index is 12.9. The molecule has 0 aliphatic carbocycles. The first kappa shape index (κ1) is 17.2. The molecule has 1 aromatic heterocycles. The zero-order valence-corrected chi connectivity index (χ0v) is 14.7. The first-order valence-corrected chi connectivity index (χ1v) is 8.70. The summed E-state index contributed by atoms with van der Waals surface area (Å²) in [4.78, 5) is 17.2. The fourth-order valence-corrected chi connectivity index (χ4v) is 3.36. The minimum Gasteiger partial charge on any atom is -0.331 e. The van der Waals surface area contributed by atoms with Crippen LogP contribution in [0.15, 0.2) is 36.5 Å². The van der Waals surface area contributed by atoms with Crippen molar-refractivity contribution in [3.8, 4) is 6.07 Å². The number of hydrogen-bond acceptors (Lipinski definition) is 4. The van der Waals surface area contributed by atoms with E-state index >= 15 is 0 Å². The van der Waals surface area contributed by atoms with Crippen molar-refractivity contribution in [3.05, 3.63) is 53.3 Å². The number of amides is 1. The number of likely N-dealkylation sites (N-methyl/N-ethyl adjacent to an activating group) is 1. The Bertz CT molecular complexity index is 787. The van der Waals surface area contributed by atoms with E-state index in [4.69, 9.17) is 5.26 Å². The van der Waals surface area contributed by atoms with E-state index in [0.29, 0.717) is 24.2 Å². The van der Waals surface area contributed by atoms with Crippen molar-refractivity contribution in [2.45, 2.75) is 26.4 Å². The highest BCUT2D eigenvalue weighted by Gasteiger charge is 2.29. The molecule has 130 valence electrons. The lowest BCUT2D eigenvalue weighted by Crippen LogP contribution is -2.45. The van der Waals surface area contributed by atoms with E-state index in [-0.39, 0.29) is 11.9 Å². The Morgan fingerprint density at radius 1 is 1.36 bits per heavy atom. The van der Waals surface area contributed by atoms with Crippen molar-refractivity contribution in [1.82, 2.24) is 19.6 Å². The summed E-state index contributed by atoms with van der Waals surface area (Å²) in [5.74, 6) is -0.0332. The fourth-order valence-electron chi connectivity index (χ4n) is 3.36. The Hall–Kier alpha value is -2.65. The van der Waals surface area contributed by atoms with E-state index in [9.17, 15) is 4.79 Å². The predicted octanol–water partition coefficient (Wildman–Crippen LogP) is 2.29. The minimum atomic E-state index is -0.0332. The van der Waals surface area contributed by atoms with Crippen LogP contribution in [0, 0.1) is 11.3 Å². The largest absolute Gasteiger partial charge is 0.331 e. The summed E-state index contributed by atoms with van der Waals surface area (Å²) in [7, 11) is 0. The summed E-state index contributed by atoms with van der Waals surface area (Å²) in [6.07, 6.45) is 1.80. The van der Waals surface area contributed by atoms with Crippen molar-refractivity contribution in [1.29, 1.82) is 5.26 Å². The van der Waals surface area contributed by atoms with Crippen molar-refractivity contribution in [2.24, 2.45) is 0 Å². The van der Waals surface area contributed by atoms with E-state index in [1.165, 1.54) is 0 Å². The van der Waals surface area contributed by atoms with Gasteiger partial charge in [0.1, 0.15) is 0 Å². The van der Waals surface area contributed by atoms with Gasteiger partial charge in [0.2, 0.25) is 0 Å². The molecule has 3 rings (SSSR count). The van der Waals surface area contributed by atoms with Gasteiger partial charge in [-0.2, -0.15) is 10.4 Å². The summed E-state index contributed by atoms with van der Waals surface area (Å²) < 4.78 is 2.05. The second-order valence-corrected chi connectivity index (χ2v) is 6.29. The van der Waals surface area contributed by atoms with Gasteiger partial charge in [-0.25, -0.2) is 0 Å². The number of carbonyl (C=O) groups excluding carboxylic acids is 1. The van der Waals surface area contributed by atoms with Crippen LogP contribution in [0.5, 0.6) is 0 Å². The average Bonchev–Trinajstić information content (AvgIpc) is 3.14. The number of aromatic nitrogens is 2. The zero-order valence-electron chi connectivity index (χ0n) is 14.7. The highest BCUT2D eigenvalue weighted by atomic mass is 16.2. The normalized spacial score (nSPS) is 16.6. The van der Waals surface area contributed by atoms with Gasteiger partial charge in [0.15, 0.2) is 0 Å².